The van der Waals surface area contributed by atoms with Crippen molar-refractivity contribution < 1.29 is 4.79 Å². The van der Waals surface area contributed by atoms with E-state index in [4.69, 9.17) is 0 Å². The molecule has 0 aromatic rings. The van der Waals surface area contributed by atoms with E-state index in [1.165, 1.54) is 51.2 Å². The second kappa shape index (κ2) is 3.59. The summed E-state index contributed by atoms with van der Waals surface area (Å²) in [4.78, 5) is 10.5. The smallest absolute Gasteiger partial charge is 0.123 e. The molecule has 0 heterocycles. The molecule has 0 aromatic heterocycles. The van der Waals surface area contributed by atoms with Crippen molar-refractivity contribution in [3.63, 3.8) is 0 Å². The van der Waals surface area contributed by atoms with Crippen LogP contribution in [0.5, 0.6) is 0 Å². The predicted molar refractivity (Wildman–Crippen MR) is 48.9 cm³/mol. The van der Waals surface area contributed by atoms with Crippen molar-refractivity contribution in [2.75, 3.05) is 0 Å². The average Bonchev–Trinajstić information content (AvgIpc) is 1.93. The van der Waals surface area contributed by atoms with Gasteiger partial charge in [-0.05, 0) is 31.1 Å². The molecule has 0 aliphatic heterocycles. The maximum atomic E-state index is 10.5. The first kappa shape index (κ1) is 8.28. The van der Waals surface area contributed by atoms with E-state index in [1.54, 1.807) is 0 Å². The number of aldehydes is 1. The Hall–Kier alpha value is -0.330. The minimum absolute atomic E-state index is 0.435. The molecule has 2 atom stereocenters. The monoisotopic (exact) mass is 166 g/mol. The van der Waals surface area contributed by atoms with E-state index >= 15 is 0 Å². The number of rotatable bonds is 4. The van der Waals surface area contributed by atoms with Gasteiger partial charge < -0.3 is 4.79 Å². The summed E-state index contributed by atoms with van der Waals surface area (Å²) < 4.78 is 0. The van der Waals surface area contributed by atoms with Gasteiger partial charge in [-0.25, -0.2) is 0 Å². The summed E-state index contributed by atoms with van der Waals surface area (Å²) in [5, 5.41) is 0. The SMILES string of the molecule is O=CC1CCC1CCC1CCC1. The Balaban J connectivity index is 1.62. The molecule has 0 N–H and O–H groups in total. The van der Waals surface area contributed by atoms with Crippen LogP contribution in [0.15, 0.2) is 0 Å². The second-order valence-electron chi connectivity index (χ2n) is 4.51. The van der Waals surface area contributed by atoms with Gasteiger partial charge in [0, 0.05) is 5.92 Å². The predicted octanol–water partition coefficient (Wildman–Crippen LogP) is 2.79. The lowest BCUT2D eigenvalue weighted by molar-refractivity contribution is -0.115. The molecular weight excluding hydrogens is 148 g/mol. The van der Waals surface area contributed by atoms with E-state index in [1.807, 2.05) is 0 Å². The first-order valence-electron chi connectivity index (χ1n) is 5.35. The molecule has 2 aliphatic carbocycles. The summed E-state index contributed by atoms with van der Waals surface area (Å²) in [6.07, 6.45) is 10.7. The zero-order chi connectivity index (χ0) is 8.39. The average molecular weight is 166 g/mol. The molecule has 2 aliphatic rings. The first-order valence-corrected chi connectivity index (χ1v) is 5.35. The summed E-state index contributed by atoms with van der Waals surface area (Å²) in [7, 11) is 0. The largest absolute Gasteiger partial charge is 0.303 e. The fourth-order valence-corrected chi connectivity index (χ4v) is 2.36. The fraction of sp³-hybridized carbons (Fsp3) is 0.909. The van der Waals surface area contributed by atoms with E-state index in [0.29, 0.717) is 5.92 Å². The molecule has 0 saturated heterocycles. The summed E-state index contributed by atoms with van der Waals surface area (Å²) in [5.41, 5.74) is 0. The zero-order valence-corrected chi connectivity index (χ0v) is 7.67. The van der Waals surface area contributed by atoms with Crippen molar-refractivity contribution in [2.45, 2.75) is 44.9 Å². The van der Waals surface area contributed by atoms with Crippen LogP contribution < -0.4 is 0 Å². The molecule has 0 radical (unpaired) electrons. The molecule has 0 amide bonds. The maximum Gasteiger partial charge on any atom is 0.123 e. The molecule has 68 valence electrons. The molecule has 2 fully saturated rings. The third-order valence-electron chi connectivity index (χ3n) is 3.82. The number of hydrogen-bond donors (Lipinski definition) is 0. The summed E-state index contributed by atoms with van der Waals surface area (Å²) in [5.74, 6) is 2.23. The minimum Gasteiger partial charge on any atom is -0.303 e. The van der Waals surface area contributed by atoms with E-state index in [0.717, 1.165) is 11.8 Å². The molecule has 0 spiro atoms. The summed E-state index contributed by atoms with van der Waals surface area (Å²) in [6.45, 7) is 0. The van der Waals surface area contributed by atoms with Gasteiger partial charge in [0.1, 0.15) is 6.29 Å². The van der Waals surface area contributed by atoms with Gasteiger partial charge in [-0.3, -0.25) is 0 Å². The highest BCUT2D eigenvalue weighted by Gasteiger charge is 2.31. The van der Waals surface area contributed by atoms with Crippen molar-refractivity contribution in [3.8, 4) is 0 Å². The lowest BCUT2D eigenvalue weighted by Gasteiger charge is -2.35. The van der Waals surface area contributed by atoms with E-state index < -0.39 is 0 Å². The molecule has 2 unspecified atom stereocenters. The van der Waals surface area contributed by atoms with Crippen LogP contribution in [0.3, 0.4) is 0 Å². The van der Waals surface area contributed by atoms with Crippen LogP contribution >= 0.6 is 0 Å². The number of hydrogen-bond acceptors (Lipinski definition) is 1. The van der Waals surface area contributed by atoms with Crippen LogP contribution in [0.4, 0.5) is 0 Å². The van der Waals surface area contributed by atoms with Gasteiger partial charge in [0.25, 0.3) is 0 Å². The van der Waals surface area contributed by atoms with E-state index in [9.17, 15) is 4.79 Å². The Kier molecular flexibility index (Phi) is 2.48. The highest BCUT2D eigenvalue weighted by atomic mass is 16.1. The minimum atomic E-state index is 0.435. The normalized spacial score (nSPS) is 35.3. The Morgan fingerprint density at radius 1 is 1.08 bits per heavy atom. The second-order valence-corrected chi connectivity index (χ2v) is 4.51. The number of carbonyl (C=O) groups is 1. The molecule has 2 saturated carbocycles. The number of carbonyl (C=O) groups excluding carboxylic acids is 1. The van der Waals surface area contributed by atoms with Crippen LogP contribution in [0.1, 0.15) is 44.9 Å². The molecular formula is C11H18O. The van der Waals surface area contributed by atoms with Gasteiger partial charge in [0.15, 0.2) is 0 Å². The van der Waals surface area contributed by atoms with Gasteiger partial charge >= 0.3 is 0 Å². The molecule has 0 bridgehead atoms. The van der Waals surface area contributed by atoms with E-state index in [2.05, 4.69) is 0 Å². The van der Waals surface area contributed by atoms with Crippen molar-refractivity contribution in [3.05, 3.63) is 0 Å². The topological polar surface area (TPSA) is 17.1 Å². The third kappa shape index (κ3) is 1.55. The molecule has 1 heteroatoms. The van der Waals surface area contributed by atoms with Crippen molar-refractivity contribution in [1.29, 1.82) is 0 Å². The summed E-state index contributed by atoms with van der Waals surface area (Å²) in [6, 6.07) is 0. The summed E-state index contributed by atoms with van der Waals surface area (Å²) >= 11 is 0. The van der Waals surface area contributed by atoms with Gasteiger partial charge in [-0.1, -0.05) is 25.7 Å². The van der Waals surface area contributed by atoms with Crippen molar-refractivity contribution in [1.82, 2.24) is 0 Å². The van der Waals surface area contributed by atoms with Gasteiger partial charge in [-0.15, -0.1) is 0 Å². The fourth-order valence-electron chi connectivity index (χ4n) is 2.36. The van der Waals surface area contributed by atoms with Crippen LogP contribution in [0.25, 0.3) is 0 Å². The Bertz CT molecular complexity index is 160. The zero-order valence-electron chi connectivity index (χ0n) is 7.67. The van der Waals surface area contributed by atoms with Crippen LogP contribution in [0, 0.1) is 17.8 Å². The van der Waals surface area contributed by atoms with Crippen LogP contribution in [-0.4, -0.2) is 6.29 Å². The molecule has 1 nitrogen and oxygen atoms in total. The Morgan fingerprint density at radius 2 is 1.92 bits per heavy atom. The highest BCUT2D eigenvalue weighted by Crippen LogP contribution is 2.39. The standard InChI is InChI=1S/C11H18O/c12-8-11-7-6-10(11)5-4-9-2-1-3-9/h8-11H,1-7H2. The quantitative estimate of drug-likeness (QED) is 0.587. The molecule has 0 aromatic carbocycles. The highest BCUT2D eigenvalue weighted by molar-refractivity contribution is 5.55. The van der Waals surface area contributed by atoms with Crippen molar-refractivity contribution >= 4 is 6.29 Å². The maximum absolute atomic E-state index is 10.5. The molecule has 12 heavy (non-hydrogen) atoms. The van der Waals surface area contributed by atoms with Gasteiger partial charge in [0.05, 0.1) is 0 Å². The first-order chi connectivity index (χ1) is 5.90. The Morgan fingerprint density at radius 3 is 2.33 bits per heavy atom. The van der Waals surface area contributed by atoms with Gasteiger partial charge in [-0.2, -0.15) is 0 Å². The van der Waals surface area contributed by atoms with Crippen LogP contribution in [0.2, 0.25) is 0 Å². The van der Waals surface area contributed by atoms with E-state index in [-0.39, 0.29) is 0 Å². The van der Waals surface area contributed by atoms with Crippen molar-refractivity contribution in [2.24, 2.45) is 17.8 Å². The van der Waals surface area contributed by atoms with Gasteiger partial charge in [0.2, 0.25) is 0 Å². The molecule has 2 rings (SSSR count). The lowest BCUT2D eigenvalue weighted by atomic mass is 9.70. The third-order valence-corrected chi connectivity index (χ3v) is 3.82. The van der Waals surface area contributed by atoms with Crippen LogP contribution in [-0.2, 0) is 4.79 Å². The lowest BCUT2D eigenvalue weighted by Crippen LogP contribution is -2.28. The Labute approximate surface area is 74.5 Å².